The summed E-state index contributed by atoms with van der Waals surface area (Å²) in [5.74, 6) is -2.11. The first-order chi connectivity index (χ1) is 16.7. The highest BCUT2D eigenvalue weighted by Crippen LogP contribution is 2.31. The van der Waals surface area contributed by atoms with E-state index in [1.807, 2.05) is 4.72 Å². The molecule has 0 fully saturated rings. The topological polar surface area (TPSA) is 90.9 Å². The number of hydrogen-bond acceptors (Lipinski definition) is 7. The second kappa shape index (κ2) is 12.5. The first kappa shape index (κ1) is 29.6. The zero-order valence-corrected chi connectivity index (χ0v) is 20.2. The fourth-order valence-corrected chi connectivity index (χ4v) is 5.10. The number of rotatable bonds is 12. The molecule has 0 heterocycles. The highest BCUT2D eigenvalue weighted by Gasteiger charge is 2.33. The van der Waals surface area contributed by atoms with E-state index in [1.54, 1.807) is 30.3 Å². The molecule has 2 aromatic rings. The second-order valence-electron chi connectivity index (χ2n) is 7.11. The highest BCUT2D eigenvalue weighted by molar-refractivity contribution is 7.98. The molecular weight excluding hydrogens is 540 g/mol. The molecule has 0 aromatic heterocycles. The van der Waals surface area contributed by atoms with Crippen molar-refractivity contribution < 1.29 is 53.8 Å². The van der Waals surface area contributed by atoms with Gasteiger partial charge in [-0.05, 0) is 17.7 Å². The van der Waals surface area contributed by atoms with E-state index < -0.39 is 64.0 Å². The van der Waals surface area contributed by atoms with E-state index in [0.717, 1.165) is 24.8 Å². The molecule has 36 heavy (non-hydrogen) atoms. The quantitative estimate of drug-likeness (QED) is 0.305. The predicted octanol–water partition coefficient (Wildman–Crippen LogP) is 4.32. The molecule has 2 aromatic carbocycles. The molecule has 1 atom stereocenters. The van der Waals surface area contributed by atoms with Crippen LogP contribution < -0.4 is 14.2 Å². The summed E-state index contributed by atoms with van der Waals surface area (Å²) in [5, 5.41) is 0. The molecule has 1 N–H and O–H groups in total. The van der Waals surface area contributed by atoms with E-state index in [-0.39, 0.29) is 5.75 Å². The maximum absolute atomic E-state index is 13.0. The van der Waals surface area contributed by atoms with Crippen LogP contribution in [0.15, 0.2) is 53.4 Å². The zero-order valence-electron chi connectivity index (χ0n) is 18.6. The number of sulfonamides is 1. The van der Waals surface area contributed by atoms with Crippen LogP contribution in [-0.2, 0) is 25.3 Å². The van der Waals surface area contributed by atoms with Crippen LogP contribution in [0.1, 0.15) is 5.56 Å². The SMILES string of the molecule is COC(=O)C(CSCc1ccccc1)NS(=O)(=O)c1cc(OCC(F)(F)F)ccc1OCC(F)(F)F. The molecule has 200 valence electrons. The molecule has 0 aliphatic carbocycles. The lowest BCUT2D eigenvalue weighted by atomic mass is 10.2. The van der Waals surface area contributed by atoms with E-state index >= 15 is 0 Å². The Morgan fingerprint density at radius 1 is 0.972 bits per heavy atom. The number of methoxy groups -OCH3 is 1. The van der Waals surface area contributed by atoms with Gasteiger partial charge in [0.15, 0.2) is 13.2 Å². The van der Waals surface area contributed by atoms with Gasteiger partial charge in [-0.25, -0.2) is 8.42 Å². The molecule has 15 heteroatoms. The first-order valence-corrected chi connectivity index (χ1v) is 12.6. The molecule has 0 saturated carbocycles. The van der Waals surface area contributed by atoms with Crippen molar-refractivity contribution in [3.05, 3.63) is 54.1 Å². The summed E-state index contributed by atoms with van der Waals surface area (Å²) in [7, 11) is -3.79. The van der Waals surface area contributed by atoms with Gasteiger partial charge in [0.05, 0.1) is 7.11 Å². The molecule has 0 spiro atoms. The van der Waals surface area contributed by atoms with Gasteiger partial charge in [-0.2, -0.15) is 42.8 Å². The summed E-state index contributed by atoms with van der Waals surface area (Å²) < 4.78 is 117. The summed E-state index contributed by atoms with van der Waals surface area (Å²) in [6.07, 6.45) is -9.59. The van der Waals surface area contributed by atoms with Crippen LogP contribution in [0.2, 0.25) is 0 Å². The Morgan fingerprint density at radius 2 is 1.58 bits per heavy atom. The lowest BCUT2D eigenvalue weighted by molar-refractivity contribution is -0.154. The van der Waals surface area contributed by atoms with Crippen LogP contribution in [0.25, 0.3) is 0 Å². The van der Waals surface area contributed by atoms with Crippen molar-refractivity contribution in [2.45, 2.75) is 29.0 Å². The average molecular weight is 562 g/mol. The second-order valence-corrected chi connectivity index (χ2v) is 9.83. The fraction of sp³-hybridized carbons (Fsp3) is 0.381. The standard InChI is InChI=1S/C21H21F6NO6S2/c1-32-19(29)16(11-35-10-14-5-3-2-4-6-14)28-36(30,31)18-9-15(33-12-20(22,23)24)7-8-17(18)34-13-21(25,26)27/h2-9,16,28H,10-13H2,1H3. The number of carbonyl (C=O) groups is 1. The Balaban J connectivity index is 2.29. The molecule has 2 rings (SSSR count). The highest BCUT2D eigenvalue weighted by atomic mass is 32.2. The van der Waals surface area contributed by atoms with E-state index in [1.165, 1.54) is 11.8 Å². The normalized spacial score (nSPS) is 13.2. The van der Waals surface area contributed by atoms with E-state index in [2.05, 4.69) is 14.2 Å². The minimum absolute atomic E-state index is 0.121. The van der Waals surface area contributed by atoms with Gasteiger partial charge >= 0.3 is 18.3 Å². The average Bonchev–Trinajstić information content (AvgIpc) is 2.80. The number of carbonyl (C=O) groups excluding carboxylic acids is 1. The summed E-state index contributed by atoms with van der Waals surface area (Å²) >= 11 is 1.17. The molecule has 0 amide bonds. The van der Waals surface area contributed by atoms with Crippen LogP contribution in [0.3, 0.4) is 0 Å². The zero-order chi connectivity index (χ0) is 27.0. The number of benzene rings is 2. The van der Waals surface area contributed by atoms with Gasteiger partial charge in [0.25, 0.3) is 0 Å². The number of thioether (sulfide) groups is 1. The summed E-state index contributed by atoms with van der Waals surface area (Å²) in [6.45, 7) is -3.64. The minimum atomic E-state index is -4.83. The van der Waals surface area contributed by atoms with Gasteiger partial charge in [0.2, 0.25) is 10.0 Å². The Morgan fingerprint density at radius 3 is 2.17 bits per heavy atom. The van der Waals surface area contributed by atoms with Gasteiger partial charge in [-0.1, -0.05) is 30.3 Å². The number of ether oxygens (including phenoxy) is 3. The Labute approximate surface area is 207 Å². The number of esters is 1. The molecule has 0 bridgehead atoms. The van der Waals surface area contributed by atoms with Crippen molar-refractivity contribution in [3.63, 3.8) is 0 Å². The van der Waals surface area contributed by atoms with Crippen LogP contribution in [-0.4, -0.2) is 58.9 Å². The third-order valence-corrected chi connectivity index (χ3v) is 6.78. The van der Waals surface area contributed by atoms with E-state index in [9.17, 15) is 39.6 Å². The van der Waals surface area contributed by atoms with Gasteiger partial charge in [-0.3, -0.25) is 4.79 Å². The molecule has 7 nitrogen and oxygen atoms in total. The van der Waals surface area contributed by atoms with Crippen molar-refractivity contribution in [3.8, 4) is 11.5 Å². The monoisotopic (exact) mass is 561 g/mol. The lowest BCUT2D eigenvalue weighted by Gasteiger charge is -2.19. The van der Waals surface area contributed by atoms with Crippen LogP contribution in [0.5, 0.6) is 11.5 Å². The molecule has 1 unspecified atom stereocenters. The maximum Gasteiger partial charge on any atom is 0.422 e. The lowest BCUT2D eigenvalue weighted by Crippen LogP contribution is -2.43. The number of hydrogen-bond donors (Lipinski definition) is 1. The third-order valence-electron chi connectivity index (χ3n) is 4.18. The maximum atomic E-state index is 13.0. The van der Waals surface area contributed by atoms with Crippen LogP contribution in [0.4, 0.5) is 26.3 Å². The van der Waals surface area contributed by atoms with Crippen molar-refractivity contribution in [1.29, 1.82) is 0 Å². The Hall–Kier alpha value is -2.65. The molecule has 0 saturated heterocycles. The smallest absolute Gasteiger partial charge is 0.422 e. The molecule has 0 radical (unpaired) electrons. The first-order valence-electron chi connectivity index (χ1n) is 9.95. The van der Waals surface area contributed by atoms with Gasteiger partial charge in [-0.15, -0.1) is 0 Å². The summed E-state index contributed by atoms with van der Waals surface area (Å²) in [5.41, 5.74) is 0.881. The fourth-order valence-electron chi connectivity index (χ4n) is 2.64. The predicted molar refractivity (Wildman–Crippen MR) is 118 cm³/mol. The molecule has 0 aliphatic rings. The van der Waals surface area contributed by atoms with E-state index in [4.69, 9.17) is 0 Å². The molecule has 0 aliphatic heterocycles. The Bertz CT molecular complexity index is 1110. The van der Waals surface area contributed by atoms with Gasteiger partial charge in [0, 0.05) is 17.6 Å². The van der Waals surface area contributed by atoms with Crippen molar-refractivity contribution in [2.24, 2.45) is 0 Å². The van der Waals surface area contributed by atoms with Crippen molar-refractivity contribution in [1.82, 2.24) is 4.72 Å². The van der Waals surface area contributed by atoms with Gasteiger partial charge < -0.3 is 14.2 Å². The van der Waals surface area contributed by atoms with Crippen molar-refractivity contribution in [2.75, 3.05) is 26.1 Å². The number of alkyl halides is 6. The third kappa shape index (κ3) is 10.1. The van der Waals surface area contributed by atoms with Gasteiger partial charge in [0.1, 0.15) is 22.4 Å². The number of halogens is 6. The number of nitrogens with one attached hydrogen (secondary N) is 1. The Kier molecular flexibility index (Phi) is 10.3. The molecular formula is C21H21F6NO6S2. The summed E-state index contributed by atoms with van der Waals surface area (Å²) in [6, 6.07) is 9.63. The van der Waals surface area contributed by atoms with Crippen LogP contribution in [0, 0.1) is 0 Å². The minimum Gasteiger partial charge on any atom is -0.484 e. The van der Waals surface area contributed by atoms with Crippen LogP contribution >= 0.6 is 11.8 Å². The van der Waals surface area contributed by atoms with E-state index in [0.29, 0.717) is 11.8 Å². The largest absolute Gasteiger partial charge is 0.484 e. The van der Waals surface area contributed by atoms with Crippen molar-refractivity contribution >= 4 is 27.8 Å². The summed E-state index contributed by atoms with van der Waals surface area (Å²) in [4.78, 5) is 11.2.